The van der Waals surface area contributed by atoms with Gasteiger partial charge < -0.3 is 14.3 Å². The van der Waals surface area contributed by atoms with E-state index >= 15 is 0 Å². The summed E-state index contributed by atoms with van der Waals surface area (Å²) in [5.41, 5.74) is 3.44. The van der Waals surface area contributed by atoms with Gasteiger partial charge in [-0.15, -0.1) is 0 Å². The number of aromatic nitrogens is 2. The molecule has 0 aliphatic rings. The number of imidazole rings is 1. The van der Waals surface area contributed by atoms with E-state index in [2.05, 4.69) is 40.7 Å². The van der Waals surface area contributed by atoms with Crippen molar-refractivity contribution in [2.45, 2.75) is 19.4 Å². The lowest BCUT2D eigenvalue weighted by atomic mass is 10.1. The fourth-order valence-corrected chi connectivity index (χ4v) is 3.10. The van der Waals surface area contributed by atoms with E-state index in [0.717, 1.165) is 28.0 Å². The van der Waals surface area contributed by atoms with Crippen molar-refractivity contribution in [3.8, 4) is 5.75 Å². The lowest BCUT2D eigenvalue weighted by Gasteiger charge is -2.15. The van der Waals surface area contributed by atoms with E-state index in [0.29, 0.717) is 0 Å². The van der Waals surface area contributed by atoms with Crippen LogP contribution in [0.25, 0.3) is 11.0 Å². The summed E-state index contributed by atoms with van der Waals surface area (Å²) in [6.07, 6.45) is 0.944. The molecular formula is C17H18N2OS. The van der Waals surface area contributed by atoms with Crippen molar-refractivity contribution in [2.24, 2.45) is 0 Å². The Hall–Kier alpha value is -2.07. The van der Waals surface area contributed by atoms with Gasteiger partial charge in [0.1, 0.15) is 5.75 Å². The van der Waals surface area contributed by atoms with E-state index in [-0.39, 0.29) is 6.04 Å². The highest BCUT2D eigenvalue weighted by atomic mass is 32.1. The molecule has 3 aromatic rings. The van der Waals surface area contributed by atoms with Crippen molar-refractivity contribution >= 4 is 23.3 Å². The molecule has 0 bridgehead atoms. The Morgan fingerprint density at radius 1 is 1.19 bits per heavy atom. The lowest BCUT2D eigenvalue weighted by Crippen LogP contribution is -2.08. The molecule has 0 fully saturated rings. The van der Waals surface area contributed by atoms with Gasteiger partial charge in [-0.3, -0.25) is 0 Å². The highest BCUT2D eigenvalue weighted by Gasteiger charge is 2.12. The van der Waals surface area contributed by atoms with Crippen LogP contribution in [0.2, 0.25) is 0 Å². The molecule has 0 saturated carbocycles. The van der Waals surface area contributed by atoms with Gasteiger partial charge in [0.25, 0.3) is 0 Å². The van der Waals surface area contributed by atoms with Crippen LogP contribution in [0.1, 0.15) is 18.5 Å². The Labute approximate surface area is 129 Å². The van der Waals surface area contributed by atoms with Crippen LogP contribution in [0, 0.1) is 4.77 Å². The SMILES string of the molecule is COc1ccc2[nH]c(=S)n(C(C)Cc3ccccc3)c2c1. The van der Waals surface area contributed by atoms with Gasteiger partial charge in [-0.05, 0) is 43.3 Å². The monoisotopic (exact) mass is 298 g/mol. The number of rotatable bonds is 4. The van der Waals surface area contributed by atoms with E-state index in [1.807, 2.05) is 24.3 Å². The van der Waals surface area contributed by atoms with E-state index in [1.165, 1.54) is 5.56 Å². The third-order valence-corrected chi connectivity index (χ3v) is 4.04. The molecule has 0 aliphatic carbocycles. The van der Waals surface area contributed by atoms with Crippen molar-refractivity contribution in [3.05, 3.63) is 58.9 Å². The number of aromatic amines is 1. The Morgan fingerprint density at radius 2 is 1.95 bits per heavy atom. The molecular weight excluding hydrogens is 280 g/mol. The molecule has 0 spiro atoms. The van der Waals surface area contributed by atoms with Gasteiger partial charge in [0.05, 0.1) is 18.1 Å². The number of benzene rings is 2. The summed E-state index contributed by atoms with van der Waals surface area (Å²) in [5, 5.41) is 0. The minimum absolute atomic E-state index is 0.278. The van der Waals surface area contributed by atoms with E-state index in [9.17, 15) is 0 Å². The predicted molar refractivity (Wildman–Crippen MR) is 88.5 cm³/mol. The number of hydrogen-bond acceptors (Lipinski definition) is 2. The first-order valence-electron chi connectivity index (χ1n) is 7.01. The van der Waals surface area contributed by atoms with Crippen LogP contribution in [0.3, 0.4) is 0 Å². The van der Waals surface area contributed by atoms with Gasteiger partial charge in [0, 0.05) is 12.1 Å². The normalized spacial score (nSPS) is 12.5. The second-order valence-electron chi connectivity index (χ2n) is 5.22. The molecule has 108 valence electrons. The highest BCUT2D eigenvalue weighted by Crippen LogP contribution is 2.25. The standard InChI is InChI=1S/C17H18N2OS/c1-12(10-13-6-4-3-5-7-13)19-16-11-14(20-2)8-9-15(16)18-17(19)21/h3-9,11-12H,10H2,1-2H3,(H,18,21). The third kappa shape index (κ3) is 2.72. The second kappa shape index (κ2) is 5.74. The smallest absolute Gasteiger partial charge is 0.178 e. The Bertz CT molecular complexity index is 805. The van der Waals surface area contributed by atoms with Gasteiger partial charge in [0.2, 0.25) is 0 Å². The third-order valence-electron chi connectivity index (χ3n) is 3.74. The lowest BCUT2D eigenvalue weighted by molar-refractivity contribution is 0.415. The number of hydrogen-bond donors (Lipinski definition) is 1. The number of ether oxygens (including phenoxy) is 1. The summed E-state index contributed by atoms with van der Waals surface area (Å²) >= 11 is 5.49. The number of nitrogens with one attached hydrogen (secondary N) is 1. The fraction of sp³-hybridized carbons (Fsp3) is 0.235. The summed E-state index contributed by atoms with van der Waals surface area (Å²) in [6.45, 7) is 2.19. The molecule has 21 heavy (non-hydrogen) atoms. The maximum Gasteiger partial charge on any atom is 0.178 e. The Morgan fingerprint density at radius 3 is 2.67 bits per heavy atom. The minimum Gasteiger partial charge on any atom is -0.497 e. The van der Waals surface area contributed by atoms with Crippen LogP contribution < -0.4 is 4.74 Å². The molecule has 0 amide bonds. The first-order valence-corrected chi connectivity index (χ1v) is 7.42. The molecule has 3 nitrogen and oxygen atoms in total. The Balaban J connectivity index is 2.02. The van der Waals surface area contributed by atoms with Gasteiger partial charge >= 0.3 is 0 Å². The number of H-pyrrole nitrogens is 1. The van der Waals surface area contributed by atoms with Crippen molar-refractivity contribution in [1.29, 1.82) is 0 Å². The summed E-state index contributed by atoms with van der Waals surface area (Å²) < 4.78 is 8.24. The number of fused-ring (bicyclic) bond motifs is 1. The molecule has 1 heterocycles. The largest absolute Gasteiger partial charge is 0.497 e. The van der Waals surface area contributed by atoms with Crippen LogP contribution in [0.5, 0.6) is 5.75 Å². The summed E-state index contributed by atoms with van der Waals surface area (Å²) in [5.74, 6) is 0.845. The van der Waals surface area contributed by atoms with Crippen LogP contribution >= 0.6 is 12.2 Å². The van der Waals surface area contributed by atoms with Crippen LogP contribution in [-0.4, -0.2) is 16.7 Å². The zero-order chi connectivity index (χ0) is 14.8. The van der Waals surface area contributed by atoms with Crippen molar-refractivity contribution in [2.75, 3.05) is 7.11 Å². The zero-order valence-corrected chi connectivity index (χ0v) is 13.0. The maximum atomic E-state index is 5.49. The second-order valence-corrected chi connectivity index (χ2v) is 5.61. The minimum atomic E-state index is 0.278. The molecule has 1 atom stereocenters. The van der Waals surface area contributed by atoms with Crippen LogP contribution in [-0.2, 0) is 6.42 Å². The van der Waals surface area contributed by atoms with Crippen molar-refractivity contribution < 1.29 is 4.74 Å². The van der Waals surface area contributed by atoms with Crippen LogP contribution in [0.4, 0.5) is 0 Å². The molecule has 0 radical (unpaired) electrons. The summed E-state index contributed by atoms with van der Waals surface area (Å²) in [4.78, 5) is 3.27. The molecule has 1 N–H and O–H groups in total. The first kappa shape index (κ1) is 13.9. The quantitative estimate of drug-likeness (QED) is 0.718. The van der Waals surface area contributed by atoms with Crippen molar-refractivity contribution in [1.82, 2.24) is 9.55 Å². The molecule has 4 heteroatoms. The number of nitrogens with zero attached hydrogens (tertiary/aromatic N) is 1. The average Bonchev–Trinajstić information content (AvgIpc) is 2.83. The Kier molecular flexibility index (Phi) is 3.80. The molecule has 0 saturated heterocycles. The van der Waals surface area contributed by atoms with Crippen LogP contribution in [0.15, 0.2) is 48.5 Å². The maximum absolute atomic E-state index is 5.49. The molecule has 0 aliphatic heterocycles. The van der Waals surface area contributed by atoms with E-state index in [1.54, 1.807) is 7.11 Å². The highest BCUT2D eigenvalue weighted by molar-refractivity contribution is 7.71. The first-order chi connectivity index (χ1) is 10.2. The van der Waals surface area contributed by atoms with Gasteiger partial charge in [-0.2, -0.15) is 0 Å². The predicted octanol–water partition coefficient (Wildman–Crippen LogP) is 4.51. The average molecular weight is 298 g/mol. The van der Waals surface area contributed by atoms with Gasteiger partial charge in [-0.25, -0.2) is 0 Å². The van der Waals surface area contributed by atoms with Gasteiger partial charge in [0.15, 0.2) is 4.77 Å². The number of methoxy groups -OCH3 is 1. The summed E-state index contributed by atoms with van der Waals surface area (Å²) in [6, 6.07) is 16.7. The molecule has 1 unspecified atom stereocenters. The zero-order valence-electron chi connectivity index (χ0n) is 12.2. The topological polar surface area (TPSA) is 29.9 Å². The summed E-state index contributed by atoms with van der Waals surface area (Å²) in [7, 11) is 1.68. The van der Waals surface area contributed by atoms with Crippen molar-refractivity contribution in [3.63, 3.8) is 0 Å². The molecule has 3 rings (SSSR count). The van der Waals surface area contributed by atoms with E-state index < -0.39 is 0 Å². The molecule has 1 aromatic heterocycles. The van der Waals surface area contributed by atoms with Gasteiger partial charge in [-0.1, -0.05) is 30.3 Å². The molecule has 2 aromatic carbocycles. The fourth-order valence-electron chi connectivity index (χ4n) is 2.71. The van der Waals surface area contributed by atoms with E-state index in [4.69, 9.17) is 17.0 Å².